The van der Waals surface area contributed by atoms with Crippen LogP contribution < -0.4 is 20.1 Å². The van der Waals surface area contributed by atoms with Crippen LogP contribution >= 0.6 is 0 Å². The van der Waals surface area contributed by atoms with Crippen LogP contribution in [0.3, 0.4) is 0 Å². The molecule has 3 aromatic rings. The standard InChI is InChI=1S/C28H28N2O5/c1-4-34-23-16-21(14-15-22(23)35-17-19-12-10-18(2)11-13-19)26-24(27(31)33-3)25(29-28(32)30-26)20-8-6-5-7-9-20/h5-16,26H,4,17H2,1-3H3,(H2,29,30,32). The van der Waals surface area contributed by atoms with Crippen LogP contribution in [0.1, 0.15) is 35.2 Å². The summed E-state index contributed by atoms with van der Waals surface area (Å²) in [6, 6.07) is 21.6. The van der Waals surface area contributed by atoms with Gasteiger partial charge in [-0.15, -0.1) is 0 Å². The van der Waals surface area contributed by atoms with Gasteiger partial charge in [-0.3, -0.25) is 0 Å². The number of hydrogen-bond donors (Lipinski definition) is 2. The van der Waals surface area contributed by atoms with Gasteiger partial charge in [0.25, 0.3) is 0 Å². The highest BCUT2D eigenvalue weighted by Gasteiger charge is 2.34. The van der Waals surface area contributed by atoms with Gasteiger partial charge in [0, 0.05) is 0 Å². The number of carbonyl (C=O) groups excluding carboxylic acids is 2. The van der Waals surface area contributed by atoms with Crippen LogP contribution in [-0.2, 0) is 16.1 Å². The molecule has 1 aliphatic heterocycles. The van der Waals surface area contributed by atoms with Crippen molar-refractivity contribution in [3.63, 3.8) is 0 Å². The second-order valence-electron chi connectivity index (χ2n) is 8.09. The van der Waals surface area contributed by atoms with Gasteiger partial charge in [0.1, 0.15) is 6.61 Å². The van der Waals surface area contributed by atoms with Gasteiger partial charge in [-0.1, -0.05) is 66.2 Å². The van der Waals surface area contributed by atoms with Crippen molar-refractivity contribution in [3.8, 4) is 11.5 Å². The summed E-state index contributed by atoms with van der Waals surface area (Å²) >= 11 is 0. The molecule has 0 saturated heterocycles. The molecule has 0 radical (unpaired) electrons. The molecule has 1 unspecified atom stereocenters. The van der Waals surface area contributed by atoms with Crippen molar-refractivity contribution >= 4 is 17.7 Å². The Morgan fingerprint density at radius 3 is 2.37 bits per heavy atom. The Bertz CT molecular complexity index is 1240. The van der Waals surface area contributed by atoms with Crippen molar-refractivity contribution in [3.05, 3.63) is 101 Å². The topological polar surface area (TPSA) is 85.9 Å². The van der Waals surface area contributed by atoms with E-state index < -0.39 is 18.0 Å². The molecule has 7 nitrogen and oxygen atoms in total. The monoisotopic (exact) mass is 472 g/mol. The average Bonchev–Trinajstić information content (AvgIpc) is 2.88. The average molecular weight is 473 g/mol. The number of hydrogen-bond acceptors (Lipinski definition) is 5. The van der Waals surface area contributed by atoms with Crippen molar-refractivity contribution in [1.29, 1.82) is 0 Å². The normalized spacial score (nSPS) is 15.2. The molecular weight excluding hydrogens is 444 g/mol. The fourth-order valence-electron chi connectivity index (χ4n) is 3.91. The minimum absolute atomic E-state index is 0.300. The number of esters is 1. The van der Waals surface area contributed by atoms with E-state index in [0.29, 0.717) is 47.1 Å². The number of benzene rings is 3. The fourth-order valence-corrected chi connectivity index (χ4v) is 3.91. The summed E-state index contributed by atoms with van der Waals surface area (Å²) in [4.78, 5) is 25.5. The Balaban J connectivity index is 1.71. The van der Waals surface area contributed by atoms with Crippen molar-refractivity contribution < 1.29 is 23.8 Å². The Labute approximate surface area is 204 Å². The summed E-state index contributed by atoms with van der Waals surface area (Å²) in [7, 11) is 1.32. The van der Waals surface area contributed by atoms with Gasteiger partial charge < -0.3 is 24.8 Å². The van der Waals surface area contributed by atoms with E-state index in [1.54, 1.807) is 12.1 Å². The van der Waals surface area contributed by atoms with Crippen LogP contribution in [-0.4, -0.2) is 25.7 Å². The van der Waals surface area contributed by atoms with Gasteiger partial charge in [0.2, 0.25) is 0 Å². The summed E-state index contributed by atoms with van der Waals surface area (Å²) < 4.78 is 17.0. The summed E-state index contributed by atoms with van der Waals surface area (Å²) in [6.45, 7) is 4.74. The van der Waals surface area contributed by atoms with Crippen LogP contribution in [0.4, 0.5) is 4.79 Å². The predicted molar refractivity (Wildman–Crippen MR) is 133 cm³/mol. The second kappa shape index (κ2) is 10.8. The highest BCUT2D eigenvalue weighted by atomic mass is 16.5. The number of aryl methyl sites for hydroxylation is 1. The summed E-state index contributed by atoms with van der Waals surface area (Å²) in [6.07, 6.45) is 0. The van der Waals surface area contributed by atoms with E-state index in [4.69, 9.17) is 14.2 Å². The molecule has 180 valence electrons. The zero-order valence-corrected chi connectivity index (χ0v) is 20.0. The molecule has 0 aliphatic carbocycles. The third-order valence-electron chi connectivity index (χ3n) is 5.66. The van der Waals surface area contributed by atoms with Crippen LogP contribution in [0, 0.1) is 6.92 Å². The zero-order chi connectivity index (χ0) is 24.8. The number of urea groups is 1. The lowest BCUT2D eigenvalue weighted by Gasteiger charge is -2.29. The van der Waals surface area contributed by atoms with Crippen molar-refractivity contribution in [1.82, 2.24) is 10.6 Å². The molecular formula is C28H28N2O5. The lowest BCUT2D eigenvalue weighted by molar-refractivity contribution is -0.136. The number of amides is 2. The van der Waals surface area contributed by atoms with Gasteiger partial charge in [0.15, 0.2) is 11.5 Å². The van der Waals surface area contributed by atoms with Crippen LogP contribution in [0.5, 0.6) is 11.5 Å². The molecule has 1 heterocycles. The van der Waals surface area contributed by atoms with Gasteiger partial charge >= 0.3 is 12.0 Å². The van der Waals surface area contributed by atoms with E-state index in [1.807, 2.05) is 74.5 Å². The fraction of sp³-hybridized carbons (Fsp3) is 0.214. The quantitative estimate of drug-likeness (QED) is 0.455. The van der Waals surface area contributed by atoms with E-state index in [9.17, 15) is 9.59 Å². The SMILES string of the molecule is CCOc1cc(C2NC(=O)NC(c3ccccc3)=C2C(=O)OC)ccc1OCc1ccc(C)cc1. The summed E-state index contributed by atoms with van der Waals surface area (Å²) in [5.74, 6) is 0.553. The molecule has 4 rings (SSSR count). The minimum Gasteiger partial charge on any atom is -0.490 e. The van der Waals surface area contributed by atoms with Gasteiger partial charge in [-0.25, -0.2) is 9.59 Å². The highest BCUT2D eigenvalue weighted by Crippen LogP contribution is 2.37. The van der Waals surface area contributed by atoms with E-state index in [-0.39, 0.29) is 0 Å². The molecule has 0 bridgehead atoms. The Morgan fingerprint density at radius 2 is 1.69 bits per heavy atom. The van der Waals surface area contributed by atoms with E-state index in [2.05, 4.69) is 10.6 Å². The van der Waals surface area contributed by atoms with E-state index >= 15 is 0 Å². The number of carbonyl (C=O) groups is 2. The molecule has 0 aromatic heterocycles. The zero-order valence-electron chi connectivity index (χ0n) is 20.0. The minimum atomic E-state index is -0.739. The van der Waals surface area contributed by atoms with Crippen LogP contribution in [0.25, 0.3) is 5.70 Å². The molecule has 0 fully saturated rings. The first-order valence-electron chi connectivity index (χ1n) is 11.4. The van der Waals surface area contributed by atoms with E-state index in [1.165, 1.54) is 12.7 Å². The second-order valence-corrected chi connectivity index (χ2v) is 8.09. The van der Waals surface area contributed by atoms with Crippen molar-refractivity contribution in [2.24, 2.45) is 0 Å². The lowest BCUT2D eigenvalue weighted by Crippen LogP contribution is -2.45. The smallest absolute Gasteiger partial charge is 0.338 e. The molecule has 0 saturated carbocycles. The van der Waals surface area contributed by atoms with E-state index in [0.717, 1.165) is 5.56 Å². The first-order chi connectivity index (χ1) is 17.0. The third kappa shape index (κ3) is 5.46. The largest absolute Gasteiger partial charge is 0.490 e. The third-order valence-corrected chi connectivity index (χ3v) is 5.66. The van der Waals surface area contributed by atoms with Gasteiger partial charge in [-0.2, -0.15) is 0 Å². The number of ether oxygens (including phenoxy) is 3. The Morgan fingerprint density at radius 1 is 0.943 bits per heavy atom. The van der Waals surface area contributed by atoms with Gasteiger partial charge in [0.05, 0.1) is 31.0 Å². The van der Waals surface area contributed by atoms with Crippen molar-refractivity contribution in [2.45, 2.75) is 26.5 Å². The molecule has 2 N–H and O–H groups in total. The number of rotatable bonds is 8. The first kappa shape index (κ1) is 23.9. The maximum Gasteiger partial charge on any atom is 0.338 e. The predicted octanol–water partition coefficient (Wildman–Crippen LogP) is 4.91. The highest BCUT2D eigenvalue weighted by molar-refractivity contribution is 6.04. The Kier molecular flexibility index (Phi) is 7.35. The van der Waals surface area contributed by atoms with Crippen LogP contribution in [0.15, 0.2) is 78.4 Å². The lowest BCUT2D eigenvalue weighted by atomic mass is 9.92. The number of methoxy groups -OCH3 is 1. The number of nitrogens with one attached hydrogen (secondary N) is 2. The molecule has 7 heteroatoms. The first-order valence-corrected chi connectivity index (χ1v) is 11.4. The molecule has 3 aromatic carbocycles. The molecule has 1 atom stereocenters. The van der Waals surface area contributed by atoms with Crippen LogP contribution in [0.2, 0.25) is 0 Å². The summed E-state index contributed by atoms with van der Waals surface area (Å²) in [5.41, 5.74) is 4.30. The molecule has 0 spiro atoms. The summed E-state index contributed by atoms with van der Waals surface area (Å²) in [5, 5.41) is 5.61. The maximum atomic E-state index is 12.9. The maximum absolute atomic E-state index is 12.9. The Hall–Kier alpha value is -4.26. The van der Waals surface area contributed by atoms with Gasteiger partial charge in [-0.05, 0) is 42.7 Å². The molecule has 35 heavy (non-hydrogen) atoms. The molecule has 1 aliphatic rings. The van der Waals surface area contributed by atoms with Crippen molar-refractivity contribution in [2.75, 3.05) is 13.7 Å². The molecule has 2 amide bonds.